The second kappa shape index (κ2) is 6.96. The standard InChI is InChI=1S/C15H19NOS2/c1-3-6-13-14(10-18)19-15(16-13)11-7-5-8-12(9-11)17-4-2/h5,7-9,18H,3-4,6,10H2,1-2H3. The Labute approximate surface area is 124 Å². The lowest BCUT2D eigenvalue weighted by atomic mass is 10.2. The molecule has 0 spiro atoms. The topological polar surface area (TPSA) is 22.1 Å². The SMILES string of the molecule is CCCc1nc(-c2cccc(OCC)c2)sc1CS. The molecule has 4 heteroatoms. The predicted octanol–water partition coefficient (Wildman–Crippen LogP) is 4.59. The first-order valence-corrected chi connectivity index (χ1v) is 8.06. The van der Waals surface area contributed by atoms with Gasteiger partial charge in [0.15, 0.2) is 0 Å². The van der Waals surface area contributed by atoms with E-state index in [0.29, 0.717) is 6.61 Å². The Kier molecular flexibility index (Phi) is 5.28. The van der Waals surface area contributed by atoms with E-state index in [-0.39, 0.29) is 0 Å². The van der Waals surface area contributed by atoms with Gasteiger partial charge in [-0.25, -0.2) is 4.98 Å². The second-order valence-corrected chi connectivity index (χ2v) is 5.66. The number of aryl methyl sites for hydroxylation is 1. The summed E-state index contributed by atoms with van der Waals surface area (Å²) in [4.78, 5) is 6.04. The van der Waals surface area contributed by atoms with Gasteiger partial charge in [-0.1, -0.05) is 25.5 Å². The predicted molar refractivity (Wildman–Crippen MR) is 85.4 cm³/mol. The van der Waals surface area contributed by atoms with Crippen molar-refractivity contribution < 1.29 is 4.74 Å². The zero-order chi connectivity index (χ0) is 13.7. The molecule has 1 heterocycles. The van der Waals surface area contributed by atoms with Crippen LogP contribution in [0.5, 0.6) is 5.75 Å². The molecule has 2 rings (SSSR count). The third-order valence-corrected chi connectivity index (χ3v) is 4.48. The van der Waals surface area contributed by atoms with E-state index in [2.05, 4.69) is 31.7 Å². The fourth-order valence-corrected chi connectivity index (χ4v) is 3.29. The van der Waals surface area contributed by atoms with Crippen molar-refractivity contribution >= 4 is 24.0 Å². The van der Waals surface area contributed by atoms with E-state index in [4.69, 9.17) is 9.72 Å². The third-order valence-electron chi connectivity index (χ3n) is 2.80. The zero-order valence-corrected chi connectivity index (χ0v) is 13.1. The Morgan fingerprint density at radius 3 is 2.84 bits per heavy atom. The van der Waals surface area contributed by atoms with Crippen LogP contribution in [0.3, 0.4) is 0 Å². The molecule has 0 radical (unpaired) electrons. The number of thiol groups is 1. The number of thiazole rings is 1. The van der Waals surface area contributed by atoms with Crippen molar-refractivity contribution in [3.05, 3.63) is 34.8 Å². The minimum absolute atomic E-state index is 0.685. The van der Waals surface area contributed by atoms with Crippen LogP contribution < -0.4 is 4.74 Å². The van der Waals surface area contributed by atoms with E-state index in [1.807, 2.05) is 19.1 Å². The molecule has 0 aliphatic carbocycles. The minimum Gasteiger partial charge on any atom is -0.494 e. The molecule has 0 saturated heterocycles. The van der Waals surface area contributed by atoms with Crippen LogP contribution in [0.25, 0.3) is 10.6 Å². The first kappa shape index (κ1) is 14.4. The molecule has 0 atom stereocenters. The molecule has 2 nitrogen and oxygen atoms in total. The van der Waals surface area contributed by atoms with Crippen LogP contribution >= 0.6 is 24.0 Å². The van der Waals surface area contributed by atoms with E-state index in [1.165, 1.54) is 10.6 Å². The lowest BCUT2D eigenvalue weighted by Crippen LogP contribution is -1.91. The van der Waals surface area contributed by atoms with Crippen LogP contribution in [-0.2, 0) is 12.2 Å². The van der Waals surface area contributed by atoms with Crippen molar-refractivity contribution in [1.29, 1.82) is 0 Å². The van der Waals surface area contributed by atoms with Crippen LogP contribution in [0.2, 0.25) is 0 Å². The molecule has 0 fully saturated rings. The Balaban J connectivity index is 2.32. The van der Waals surface area contributed by atoms with Gasteiger partial charge in [-0.05, 0) is 25.5 Å². The summed E-state index contributed by atoms with van der Waals surface area (Å²) in [6.45, 7) is 4.86. The molecule has 0 unspecified atom stereocenters. The van der Waals surface area contributed by atoms with Crippen LogP contribution in [0.4, 0.5) is 0 Å². The number of benzene rings is 1. The smallest absolute Gasteiger partial charge is 0.124 e. The fourth-order valence-electron chi connectivity index (χ4n) is 1.95. The summed E-state index contributed by atoms with van der Waals surface area (Å²) in [5, 5.41) is 1.06. The van der Waals surface area contributed by atoms with Crippen molar-refractivity contribution in [3.63, 3.8) is 0 Å². The third kappa shape index (κ3) is 3.51. The Hall–Kier alpha value is -1.00. The normalized spacial score (nSPS) is 10.7. The van der Waals surface area contributed by atoms with Crippen molar-refractivity contribution in [3.8, 4) is 16.3 Å². The Bertz CT molecular complexity index is 537. The number of nitrogens with zero attached hydrogens (tertiary/aromatic N) is 1. The number of aromatic nitrogens is 1. The highest BCUT2D eigenvalue weighted by atomic mass is 32.1. The minimum atomic E-state index is 0.685. The van der Waals surface area contributed by atoms with Gasteiger partial charge in [0, 0.05) is 16.2 Å². The molecule has 0 amide bonds. The van der Waals surface area contributed by atoms with Gasteiger partial charge < -0.3 is 4.74 Å². The molecule has 0 bridgehead atoms. The fraction of sp³-hybridized carbons (Fsp3) is 0.400. The summed E-state index contributed by atoms with van der Waals surface area (Å²) in [5.74, 6) is 1.66. The van der Waals surface area contributed by atoms with Crippen molar-refractivity contribution in [2.45, 2.75) is 32.4 Å². The molecule has 0 saturated carbocycles. The van der Waals surface area contributed by atoms with Gasteiger partial charge in [0.1, 0.15) is 10.8 Å². The molecule has 2 aromatic rings. The summed E-state index contributed by atoms with van der Waals surface area (Å²) in [7, 11) is 0. The molecular formula is C15H19NOS2. The van der Waals surface area contributed by atoms with Crippen LogP contribution in [0.15, 0.2) is 24.3 Å². The first-order chi connectivity index (χ1) is 9.28. The van der Waals surface area contributed by atoms with Gasteiger partial charge in [0.2, 0.25) is 0 Å². The lowest BCUT2D eigenvalue weighted by Gasteiger charge is -2.03. The van der Waals surface area contributed by atoms with E-state index in [9.17, 15) is 0 Å². The lowest BCUT2D eigenvalue weighted by molar-refractivity contribution is 0.340. The highest BCUT2D eigenvalue weighted by Gasteiger charge is 2.11. The number of rotatable bonds is 6. The van der Waals surface area contributed by atoms with Crippen LogP contribution in [0, 0.1) is 0 Å². The van der Waals surface area contributed by atoms with Gasteiger partial charge in [0.25, 0.3) is 0 Å². The average Bonchev–Trinajstić information content (AvgIpc) is 2.83. The molecular weight excluding hydrogens is 274 g/mol. The Morgan fingerprint density at radius 1 is 1.32 bits per heavy atom. The van der Waals surface area contributed by atoms with Gasteiger partial charge >= 0.3 is 0 Å². The summed E-state index contributed by atoms with van der Waals surface area (Å²) < 4.78 is 5.54. The average molecular weight is 293 g/mol. The summed E-state index contributed by atoms with van der Waals surface area (Å²) in [5.41, 5.74) is 2.32. The molecule has 1 aromatic carbocycles. The maximum atomic E-state index is 5.54. The van der Waals surface area contributed by atoms with Gasteiger partial charge in [0.05, 0.1) is 12.3 Å². The van der Waals surface area contributed by atoms with E-state index in [0.717, 1.165) is 34.9 Å². The molecule has 0 N–H and O–H groups in total. The van der Waals surface area contributed by atoms with Crippen molar-refractivity contribution in [2.75, 3.05) is 6.61 Å². The molecule has 1 aromatic heterocycles. The largest absolute Gasteiger partial charge is 0.494 e. The Morgan fingerprint density at radius 2 is 2.16 bits per heavy atom. The maximum absolute atomic E-state index is 5.54. The van der Waals surface area contributed by atoms with Crippen molar-refractivity contribution in [2.24, 2.45) is 0 Å². The summed E-state index contributed by atoms with van der Waals surface area (Å²) in [6.07, 6.45) is 2.14. The number of ether oxygens (including phenoxy) is 1. The first-order valence-electron chi connectivity index (χ1n) is 6.61. The second-order valence-electron chi connectivity index (χ2n) is 4.26. The molecule has 102 valence electrons. The van der Waals surface area contributed by atoms with Crippen LogP contribution in [-0.4, -0.2) is 11.6 Å². The van der Waals surface area contributed by atoms with E-state index < -0.39 is 0 Å². The van der Waals surface area contributed by atoms with E-state index in [1.54, 1.807) is 11.3 Å². The summed E-state index contributed by atoms with van der Waals surface area (Å²) in [6, 6.07) is 8.13. The number of hydrogen-bond acceptors (Lipinski definition) is 4. The van der Waals surface area contributed by atoms with Crippen molar-refractivity contribution in [1.82, 2.24) is 4.98 Å². The summed E-state index contributed by atoms with van der Waals surface area (Å²) >= 11 is 6.13. The van der Waals surface area contributed by atoms with Gasteiger partial charge in [-0.2, -0.15) is 12.6 Å². The van der Waals surface area contributed by atoms with Gasteiger partial charge in [-0.3, -0.25) is 0 Å². The molecule has 0 aliphatic rings. The molecule has 19 heavy (non-hydrogen) atoms. The van der Waals surface area contributed by atoms with Crippen LogP contribution in [0.1, 0.15) is 30.8 Å². The zero-order valence-electron chi connectivity index (χ0n) is 11.3. The highest BCUT2D eigenvalue weighted by molar-refractivity contribution is 7.79. The molecule has 0 aliphatic heterocycles. The highest BCUT2D eigenvalue weighted by Crippen LogP contribution is 2.31. The number of hydrogen-bond donors (Lipinski definition) is 1. The monoisotopic (exact) mass is 293 g/mol. The van der Waals surface area contributed by atoms with Gasteiger partial charge in [-0.15, -0.1) is 11.3 Å². The quantitative estimate of drug-likeness (QED) is 0.787. The maximum Gasteiger partial charge on any atom is 0.124 e. The van der Waals surface area contributed by atoms with E-state index >= 15 is 0 Å².